The van der Waals surface area contributed by atoms with Crippen LogP contribution in [-0.2, 0) is 16.1 Å². The van der Waals surface area contributed by atoms with Crippen LogP contribution in [0.1, 0.15) is 46.1 Å². The highest BCUT2D eigenvalue weighted by Gasteiger charge is 2.57. The van der Waals surface area contributed by atoms with Gasteiger partial charge in [0.05, 0.1) is 23.9 Å². The number of halogens is 1. The molecule has 2 heterocycles. The Labute approximate surface area is 132 Å². The van der Waals surface area contributed by atoms with Crippen LogP contribution in [0, 0.1) is 11.8 Å². The second-order valence-corrected chi connectivity index (χ2v) is 7.84. The molecular weight excluding hydrogens is 284 g/mol. The van der Waals surface area contributed by atoms with E-state index < -0.39 is 0 Å². The molecule has 2 bridgehead atoms. The summed E-state index contributed by atoms with van der Waals surface area (Å²) in [5, 5.41) is 0.776. The summed E-state index contributed by atoms with van der Waals surface area (Å²) in [6.07, 6.45) is 2.31. The van der Waals surface area contributed by atoms with E-state index in [0.29, 0.717) is 18.4 Å². The molecule has 0 spiro atoms. The van der Waals surface area contributed by atoms with Crippen molar-refractivity contribution in [3.05, 3.63) is 34.9 Å². The summed E-state index contributed by atoms with van der Waals surface area (Å²) in [5.41, 5.74) is 0.826. The smallest absolute Gasteiger partial charge is 0.0925 e. The van der Waals surface area contributed by atoms with Gasteiger partial charge < -0.3 is 9.47 Å². The SMILES string of the molecule is CC1CC2(C)OC(C)(C)C1CC2OCc1ccccc1Cl. The minimum absolute atomic E-state index is 0.0450. The van der Waals surface area contributed by atoms with E-state index in [0.717, 1.165) is 23.4 Å². The molecule has 2 nitrogen and oxygen atoms in total. The van der Waals surface area contributed by atoms with Crippen LogP contribution in [0.15, 0.2) is 24.3 Å². The number of fused-ring (bicyclic) bond motifs is 3. The predicted molar refractivity (Wildman–Crippen MR) is 85.5 cm³/mol. The van der Waals surface area contributed by atoms with Crippen molar-refractivity contribution in [1.82, 2.24) is 0 Å². The summed E-state index contributed by atoms with van der Waals surface area (Å²) in [7, 11) is 0. The zero-order valence-electron chi connectivity index (χ0n) is 13.4. The first-order valence-corrected chi connectivity index (χ1v) is 8.25. The Morgan fingerprint density at radius 2 is 2.00 bits per heavy atom. The minimum Gasteiger partial charge on any atom is -0.370 e. The van der Waals surface area contributed by atoms with Gasteiger partial charge in [-0.15, -0.1) is 0 Å². The van der Waals surface area contributed by atoms with Gasteiger partial charge >= 0.3 is 0 Å². The van der Waals surface area contributed by atoms with E-state index in [9.17, 15) is 0 Å². The molecule has 1 saturated carbocycles. The largest absolute Gasteiger partial charge is 0.370 e. The van der Waals surface area contributed by atoms with Gasteiger partial charge in [0, 0.05) is 5.02 Å². The molecule has 2 saturated heterocycles. The van der Waals surface area contributed by atoms with E-state index >= 15 is 0 Å². The summed E-state index contributed by atoms with van der Waals surface area (Å²) in [6.45, 7) is 9.55. The van der Waals surface area contributed by atoms with Crippen molar-refractivity contribution >= 4 is 11.6 Å². The van der Waals surface area contributed by atoms with Gasteiger partial charge in [0.1, 0.15) is 0 Å². The van der Waals surface area contributed by atoms with Crippen LogP contribution in [0.4, 0.5) is 0 Å². The van der Waals surface area contributed by atoms with Gasteiger partial charge in [-0.3, -0.25) is 0 Å². The van der Waals surface area contributed by atoms with Crippen molar-refractivity contribution in [2.45, 2.75) is 64.4 Å². The Kier molecular flexibility index (Phi) is 3.84. The lowest BCUT2D eigenvalue weighted by molar-refractivity contribution is -0.299. The summed E-state index contributed by atoms with van der Waals surface area (Å²) in [5.74, 6) is 1.26. The molecule has 4 unspecified atom stereocenters. The number of rotatable bonds is 3. The third kappa shape index (κ3) is 2.74. The minimum atomic E-state index is -0.182. The molecule has 4 rings (SSSR count). The van der Waals surface area contributed by atoms with Crippen LogP contribution in [-0.4, -0.2) is 17.3 Å². The number of hydrogen-bond donors (Lipinski definition) is 0. The highest BCUT2D eigenvalue weighted by molar-refractivity contribution is 6.31. The maximum absolute atomic E-state index is 6.40. The van der Waals surface area contributed by atoms with Gasteiger partial charge in [0.25, 0.3) is 0 Å². The van der Waals surface area contributed by atoms with E-state index in [-0.39, 0.29) is 17.3 Å². The van der Waals surface area contributed by atoms with E-state index in [2.05, 4.69) is 27.7 Å². The van der Waals surface area contributed by atoms with Gasteiger partial charge in [-0.1, -0.05) is 36.7 Å². The fourth-order valence-corrected chi connectivity index (χ4v) is 4.62. The second-order valence-electron chi connectivity index (χ2n) is 7.43. The lowest BCUT2D eigenvalue weighted by atomic mass is 9.62. The molecule has 21 heavy (non-hydrogen) atoms. The van der Waals surface area contributed by atoms with Crippen LogP contribution in [0.25, 0.3) is 0 Å². The second kappa shape index (κ2) is 5.26. The first kappa shape index (κ1) is 15.3. The quantitative estimate of drug-likeness (QED) is 0.795. The molecule has 1 aliphatic carbocycles. The van der Waals surface area contributed by atoms with Crippen LogP contribution >= 0.6 is 11.6 Å². The third-order valence-corrected chi connectivity index (χ3v) is 5.72. The number of ether oxygens (including phenoxy) is 2. The van der Waals surface area contributed by atoms with Crippen molar-refractivity contribution in [3.63, 3.8) is 0 Å². The molecule has 2 aliphatic heterocycles. The van der Waals surface area contributed by atoms with Gasteiger partial charge in [0.15, 0.2) is 0 Å². The monoisotopic (exact) mass is 308 g/mol. The Bertz CT molecular complexity index is 528. The lowest BCUT2D eigenvalue weighted by Gasteiger charge is -2.60. The summed E-state index contributed by atoms with van der Waals surface area (Å²) in [6, 6.07) is 7.89. The molecule has 3 fully saturated rings. The van der Waals surface area contributed by atoms with Crippen molar-refractivity contribution in [2.24, 2.45) is 11.8 Å². The molecule has 1 aromatic rings. The van der Waals surface area contributed by atoms with Crippen molar-refractivity contribution in [1.29, 1.82) is 0 Å². The number of benzene rings is 1. The Balaban J connectivity index is 1.72. The zero-order valence-corrected chi connectivity index (χ0v) is 14.1. The lowest BCUT2D eigenvalue weighted by Crippen LogP contribution is -2.64. The molecule has 0 radical (unpaired) electrons. The van der Waals surface area contributed by atoms with Gasteiger partial charge in [-0.25, -0.2) is 0 Å². The zero-order chi connectivity index (χ0) is 15.3. The maximum atomic E-state index is 6.40. The fourth-order valence-electron chi connectivity index (χ4n) is 4.43. The summed E-state index contributed by atoms with van der Waals surface area (Å²) >= 11 is 6.21. The highest BCUT2D eigenvalue weighted by Crippen LogP contribution is 2.53. The molecule has 1 aromatic carbocycles. The first-order valence-electron chi connectivity index (χ1n) is 7.87. The topological polar surface area (TPSA) is 18.5 Å². The Morgan fingerprint density at radius 3 is 2.62 bits per heavy atom. The number of hydrogen-bond acceptors (Lipinski definition) is 2. The Hall–Kier alpha value is -0.570. The van der Waals surface area contributed by atoms with E-state index in [1.54, 1.807) is 0 Å². The van der Waals surface area contributed by atoms with Crippen molar-refractivity contribution in [3.8, 4) is 0 Å². The summed E-state index contributed by atoms with van der Waals surface area (Å²) < 4.78 is 12.6. The third-order valence-electron chi connectivity index (χ3n) is 5.35. The molecular formula is C18H25ClO2. The highest BCUT2D eigenvalue weighted by atomic mass is 35.5. The predicted octanol–water partition coefficient (Wildman–Crippen LogP) is 4.84. The Morgan fingerprint density at radius 1 is 1.29 bits per heavy atom. The van der Waals surface area contributed by atoms with Crippen LogP contribution in [0.2, 0.25) is 5.02 Å². The molecule has 0 aromatic heterocycles. The molecule has 116 valence electrons. The molecule has 0 N–H and O–H groups in total. The molecule has 3 aliphatic rings. The standard InChI is InChI=1S/C18H25ClO2/c1-12-10-18(4)16(9-14(12)17(2,3)21-18)20-11-13-7-5-6-8-15(13)19/h5-8,12,14,16H,9-11H2,1-4H3. The maximum Gasteiger partial charge on any atom is 0.0925 e. The van der Waals surface area contributed by atoms with Gasteiger partial charge in [-0.2, -0.15) is 0 Å². The summed E-state index contributed by atoms with van der Waals surface area (Å²) in [4.78, 5) is 0. The molecule has 3 heteroatoms. The van der Waals surface area contributed by atoms with Crippen LogP contribution in [0.5, 0.6) is 0 Å². The average Bonchev–Trinajstić information content (AvgIpc) is 2.37. The molecule has 0 amide bonds. The fraction of sp³-hybridized carbons (Fsp3) is 0.667. The van der Waals surface area contributed by atoms with Crippen LogP contribution < -0.4 is 0 Å². The van der Waals surface area contributed by atoms with E-state index in [1.165, 1.54) is 0 Å². The van der Waals surface area contributed by atoms with Gasteiger partial charge in [0.2, 0.25) is 0 Å². The molecule has 4 atom stereocenters. The van der Waals surface area contributed by atoms with E-state index in [1.807, 2.05) is 24.3 Å². The van der Waals surface area contributed by atoms with Crippen molar-refractivity contribution in [2.75, 3.05) is 0 Å². The van der Waals surface area contributed by atoms with E-state index in [4.69, 9.17) is 21.1 Å². The average molecular weight is 309 g/mol. The van der Waals surface area contributed by atoms with Gasteiger partial charge in [-0.05, 0) is 57.1 Å². The normalized spacial score (nSPS) is 37.7. The van der Waals surface area contributed by atoms with Crippen molar-refractivity contribution < 1.29 is 9.47 Å². The first-order chi connectivity index (χ1) is 9.82. The van der Waals surface area contributed by atoms with Crippen LogP contribution in [0.3, 0.4) is 0 Å².